The molecule has 0 unspecified atom stereocenters. The number of para-hydroxylation sites is 1. The standard InChI is InChI=1S/C23H31N3O4S/c1-6-21(26(31(5,29)30)18-11-9-10-17(4)14-18)23(28)25-20-13-8-7-12-19(20)22(27)24-15-16(2)3/h7-14,16,21H,6,15H2,1-5H3,(H,24,27)(H,25,28)/t21-/m0/s1. The molecule has 168 valence electrons. The molecule has 2 aromatic carbocycles. The van der Waals surface area contributed by atoms with E-state index in [9.17, 15) is 18.0 Å². The van der Waals surface area contributed by atoms with Crippen LogP contribution in [-0.2, 0) is 14.8 Å². The van der Waals surface area contributed by atoms with E-state index in [-0.39, 0.29) is 18.2 Å². The van der Waals surface area contributed by atoms with Crippen LogP contribution in [0.25, 0.3) is 0 Å². The second-order valence-corrected chi connectivity index (χ2v) is 9.82. The smallest absolute Gasteiger partial charge is 0.253 e. The number of benzene rings is 2. The molecule has 0 aromatic heterocycles. The van der Waals surface area contributed by atoms with Gasteiger partial charge in [-0.3, -0.25) is 13.9 Å². The molecule has 0 aliphatic heterocycles. The van der Waals surface area contributed by atoms with E-state index in [2.05, 4.69) is 10.6 Å². The number of nitrogens with zero attached hydrogens (tertiary/aromatic N) is 1. The van der Waals surface area contributed by atoms with E-state index in [1.54, 1.807) is 49.4 Å². The lowest BCUT2D eigenvalue weighted by atomic mass is 10.1. The Labute approximate surface area is 184 Å². The van der Waals surface area contributed by atoms with E-state index < -0.39 is 22.0 Å². The van der Waals surface area contributed by atoms with Gasteiger partial charge in [-0.05, 0) is 49.1 Å². The summed E-state index contributed by atoms with van der Waals surface area (Å²) in [5, 5.41) is 5.60. The van der Waals surface area contributed by atoms with Gasteiger partial charge in [0.2, 0.25) is 15.9 Å². The molecule has 0 heterocycles. The molecule has 0 spiro atoms. The molecule has 2 rings (SSSR count). The molecule has 0 bridgehead atoms. The summed E-state index contributed by atoms with van der Waals surface area (Å²) < 4.78 is 26.3. The van der Waals surface area contributed by atoms with Crippen molar-refractivity contribution >= 4 is 33.2 Å². The van der Waals surface area contributed by atoms with Crippen molar-refractivity contribution in [3.63, 3.8) is 0 Å². The monoisotopic (exact) mass is 445 g/mol. The second kappa shape index (κ2) is 10.4. The molecule has 0 saturated heterocycles. The third-order valence-corrected chi connectivity index (χ3v) is 5.87. The number of hydrogen-bond acceptors (Lipinski definition) is 4. The van der Waals surface area contributed by atoms with Crippen molar-refractivity contribution in [1.82, 2.24) is 5.32 Å². The number of aryl methyl sites for hydroxylation is 1. The number of rotatable bonds is 9. The lowest BCUT2D eigenvalue weighted by Gasteiger charge is -2.30. The molecule has 2 N–H and O–H groups in total. The first-order chi connectivity index (χ1) is 14.5. The van der Waals surface area contributed by atoms with E-state index in [4.69, 9.17) is 0 Å². The molecule has 1 atom stereocenters. The van der Waals surface area contributed by atoms with E-state index in [0.29, 0.717) is 23.5 Å². The summed E-state index contributed by atoms with van der Waals surface area (Å²) in [5.74, 6) is -0.511. The maximum atomic E-state index is 13.2. The highest BCUT2D eigenvalue weighted by molar-refractivity contribution is 7.92. The number of carbonyl (C=O) groups excluding carboxylic acids is 2. The van der Waals surface area contributed by atoms with Gasteiger partial charge in [0, 0.05) is 6.54 Å². The molecule has 0 saturated carbocycles. The van der Waals surface area contributed by atoms with Crippen LogP contribution in [0.4, 0.5) is 11.4 Å². The highest BCUT2D eigenvalue weighted by Gasteiger charge is 2.32. The van der Waals surface area contributed by atoms with Gasteiger partial charge in [-0.25, -0.2) is 8.42 Å². The summed E-state index contributed by atoms with van der Waals surface area (Å²) in [4.78, 5) is 25.8. The molecule has 31 heavy (non-hydrogen) atoms. The van der Waals surface area contributed by atoms with Gasteiger partial charge in [0.1, 0.15) is 6.04 Å². The second-order valence-electron chi connectivity index (χ2n) is 7.96. The number of hydrogen-bond donors (Lipinski definition) is 2. The summed E-state index contributed by atoms with van der Waals surface area (Å²) in [6, 6.07) is 12.7. The Morgan fingerprint density at radius 3 is 2.32 bits per heavy atom. The average molecular weight is 446 g/mol. The number of sulfonamides is 1. The largest absolute Gasteiger partial charge is 0.352 e. The van der Waals surface area contributed by atoms with Crippen LogP contribution in [0.3, 0.4) is 0 Å². The number of amides is 2. The van der Waals surface area contributed by atoms with Gasteiger partial charge >= 0.3 is 0 Å². The van der Waals surface area contributed by atoms with Gasteiger partial charge in [-0.1, -0.05) is 45.0 Å². The van der Waals surface area contributed by atoms with Crippen LogP contribution in [0.2, 0.25) is 0 Å². The zero-order valence-electron chi connectivity index (χ0n) is 18.7. The minimum atomic E-state index is -3.73. The Bertz CT molecular complexity index is 1030. The Hall–Kier alpha value is -2.87. The first kappa shape index (κ1) is 24.4. The van der Waals surface area contributed by atoms with E-state index in [1.807, 2.05) is 26.8 Å². The van der Waals surface area contributed by atoms with Crippen molar-refractivity contribution in [3.8, 4) is 0 Å². The van der Waals surface area contributed by atoms with Gasteiger partial charge < -0.3 is 10.6 Å². The fraction of sp³-hybridized carbons (Fsp3) is 0.391. The predicted molar refractivity (Wildman–Crippen MR) is 125 cm³/mol. The zero-order valence-corrected chi connectivity index (χ0v) is 19.5. The van der Waals surface area contributed by atoms with Crippen LogP contribution in [0.5, 0.6) is 0 Å². The van der Waals surface area contributed by atoms with E-state index in [1.165, 1.54) is 0 Å². The summed E-state index contributed by atoms with van der Waals surface area (Å²) in [6.07, 6.45) is 1.34. The van der Waals surface area contributed by atoms with Crippen LogP contribution in [-0.4, -0.2) is 39.1 Å². The van der Waals surface area contributed by atoms with Crippen molar-refractivity contribution in [1.29, 1.82) is 0 Å². The highest BCUT2D eigenvalue weighted by atomic mass is 32.2. The average Bonchev–Trinajstić information content (AvgIpc) is 2.69. The molecule has 7 nitrogen and oxygen atoms in total. The SMILES string of the molecule is CC[C@@H](C(=O)Nc1ccccc1C(=O)NCC(C)C)N(c1cccc(C)c1)S(C)(=O)=O. The minimum absolute atomic E-state index is 0.258. The first-order valence-corrected chi connectivity index (χ1v) is 12.1. The Morgan fingerprint density at radius 1 is 1.06 bits per heavy atom. The van der Waals surface area contributed by atoms with Crippen molar-refractivity contribution in [2.75, 3.05) is 22.4 Å². The molecular weight excluding hydrogens is 414 g/mol. The summed E-state index contributed by atoms with van der Waals surface area (Å²) >= 11 is 0. The zero-order chi connectivity index (χ0) is 23.2. The quantitative estimate of drug-likeness (QED) is 0.617. The Balaban J connectivity index is 2.35. The van der Waals surface area contributed by atoms with Crippen LogP contribution < -0.4 is 14.9 Å². The lowest BCUT2D eigenvalue weighted by Crippen LogP contribution is -2.47. The first-order valence-electron chi connectivity index (χ1n) is 10.3. The number of anilines is 2. The van der Waals surface area contributed by atoms with Gasteiger partial charge in [-0.2, -0.15) is 0 Å². The Kier molecular flexibility index (Phi) is 8.21. The van der Waals surface area contributed by atoms with Gasteiger partial charge in [0.05, 0.1) is 23.2 Å². The van der Waals surface area contributed by atoms with E-state index >= 15 is 0 Å². The van der Waals surface area contributed by atoms with Crippen LogP contribution in [0, 0.1) is 12.8 Å². The number of carbonyl (C=O) groups is 2. The van der Waals surface area contributed by atoms with Gasteiger partial charge in [0.15, 0.2) is 0 Å². The summed E-state index contributed by atoms with van der Waals surface area (Å²) in [7, 11) is -3.73. The van der Waals surface area contributed by atoms with Crippen molar-refractivity contribution in [2.24, 2.45) is 5.92 Å². The predicted octanol–water partition coefficient (Wildman–Crippen LogP) is 3.56. The topological polar surface area (TPSA) is 95.6 Å². The maximum absolute atomic E-state index is 13.2. The fourth-order valence-electron chi connectivity index (χ4n) is 3.22. The van der Waals surface area contributed by atoms with Gasteiger partial charge in [0.25, 0.3) is 5.91 Å². The fourth-order valence-corrected chi connectivity index (χ4v) is 4.43. The van der Waals surface area contributed by atoms with Crippen molar-refractivity contribution < 1.29 is 18.0 Å². The van der Waals surface area contributed by atoms with Crippen LogP contribution in [0.15, 0.2) is 48.5 Å². The van der Waals surface area contributed by atoms with E-state index in [0.717, 1.165) is 16.1 Å². The normalized spacial score (nSPS) is 12.3. The molecule has 0 aliphatic carbocycles. The molecule has 8 heteroatoms. The molecule has 0 aliphatic rings. The summed E-state index contributed by atoms with van der Waals surface area (Å²) in [5.41, 5.74) is 1.97. The third-order valence-electron chi connectivity index (χ3n) is 4.69. The lowest BCUT2D eigenvalue weighted by molar-refractivity contribution is -0.117. The molecule has 0 radical (unpaired) electrons. The van der Waals surface area contributed by atoms with Crippen molar-refractivity contribution in [2.45, 2.75) is 40.2 Å². The Morgan fingerprint density at radius 2 is 1.74 bits per heavy atom. The van der Waals surface area contributed by atoms with Crippen LogP contribution >= 0.6 is 0 Å². The molecule has 2 amide bonds. The highest BCUT2D eigenvalue weighted by Crippen LogP contribution is 2.25. The summed E-state index contributed by atoms with van der Waals surface area (Å²) in [6.45, 7) is 8.10. The molecule has 0 fully saturated rings. The van der Waals surface area contributed by atoms with Crippen molar-refractivity contribution in [3.05, 3.63) is 59.7 Å². The molecule has 2 aromatic rings. The minimum Gasteiger partial charge on any atom is -0.352 e. The van der Waals surface area contributed by atoms with Gasteiger partial charge in [-0.15, -0.1) is 0 Å². The number of nitrogens with one attached hydrogen (secondary N) is 2. The van der Waals surface area contributed by atoms with Crippen LogP contribution in [0.1, 0.15) is 43.1 Å². The third kappa shape index (κ3) is 6.55. The maximum Gasteiger partial charge on any atom is 0.253 e. The molecular formula is C23H31N3O4S.